The van der Waals surface area contributed by atoms with Crippen molar-refractivity contribution >= 4 is 26.7 Å². The van der Waals surface area contributed by atoms with Crippen molar-refractivity contribution in [1.82, 2.24) is 24.4 Å². The number of nitrogens with zero attached hydrogens (tertiary/aromatic N) is 4. The highest BCUT2D eigenvalue weighted by atomic mass is 32.2. The lowest BCUT2D eigenvalue weighted by Crippen LogP contribution is -2.39. The Balaban J connectivity index is 1.41. The second-order valence-corrected chi connectivity index (χ2v) is 9.54. The van der Waals surface area contributed by atoms with Gasteiger partial charge in [0, 0.05) is 7.05 Å². The fourth-order valence-corrected chi connectivity index (χ4v) is 4.59. The number of sulfonamides is 1. The lowest BCUT2D eigenvalue weighted by atomic mass is 10.1. The van der Waals surface area contributed by atoms with Gasteiger partial charge < -0.3 is 5.32 Å². The molecule has 1 N–H and O–H groups in total. The van der Waals surface area contributed by atoms with Gasteiger partial charge in [0.15, 0.2) is 0 Å². The molecule has 4 aromatic rings. The van der Waals surface area contributed by atoms with Crippen LogP contribution in [0.25, 0.3) is 16.5 Å². The van der Waals surface area contributed by atoms with E-state index in [0.717, 1.165) is 26.3 Å². The largest absolute Gasteiger partial charge is 0.348 e. The van der Waals surface area contributed by atoms with Gasteiger partial charge in [0.05, 0.1) is 23.2 Å². The van der Waals surface area contributed by atoms with E-state index in [1.54, 1.807) is 29.2 Å². The van der Waals surface area contributed by atoms with E-state index < -0.39 is 10.0 Å². The third kappa shape index (κ3) is 4.53. The fraction of sp³-hybridized carbons (Fsp3) is 0.174. The first-order valence-electron chi connectivity index (χ1n) is 10.0. The Morgan fingerprint density at radius 3 is 2.47 bits per heavy atom. The van der Waals surface area contributed by atoms with Gasteiger partial charge in [-0.2, -0.15) is 9.40 Å². The zero-order valence-electron chi connectivity index (χ0n) is 17.7. The number of amides is 1. The number of rotatable bonds is 7. The summed E-state index contributed by atoms with van der Waals surface area (Å²) in [6.45, 7) is 1.57. The van der Waals surface area contributed by atoms with Crippen molar-refractivity contribution in [3.63, 3.8) is 0 Å². The summed E-state index contributed by atoms with van der Waals surface area (Å²) in [5.74, 6) is -0.385. The van der Waals surface area contributed by atoms with E-state index in [0.29, 0.717) is 0 Å². The Hall–Kier alpha value is -3.56. The van der Waals surface area contributed by atoms with Crippen LogP contribution in [0, 0.1) is 0 Å². The van der Waals surface area contributed by atoms with Crippen LogP contribution in [0.5, 0.6) is 0 Å². The molecule has 1 aromatic heterocycles. The zero-order valence-corrected chi connectivity index (χ0v) is 18.5. The standard InChI is InChI=1S/C23H23N5O3S/c1-17(18-7-10-21(11-8-18)28-16-24-15-25-28)26-23(29)14-27(2)32(30,31)22-12-9-19-5-3-4-6-20(19)13-22/h3-13,15-17H,14H2,1-2H3,(H,26,29)/t17-/m1/s1. The highest BCUT2D eigenvalue weighted by Gasteiger charge is 2.24. The quantitative estimate of drug-likeness (QED) is 0.468. The molecular weight excluding hydrogens is 426 g/mol. The van der Waals surface area contributed by atoms with Crippen LogP contribution < -0.4 is 5.32 Å². The summed E-state index contributed by atoms with van der Waals surface area (Å²) in [7, 11) is -2.40. The van der Waals surface area contributed by atoms with Crippen LogP contribution in [0.3, 0.4) is 0 Å². The smallest absolute Gasteiger partial charge is 0.243 e. The molecule has 0 saturated carbocycles. The molecule has 4 rings (SSSR count). The van der Waals surface area contributed by atoms with Gasteiger partial charge in [0.1, 0.15) is 12.7 Å². The number of carbonyl (C=O) groups excluding carboxylic acids is 1. The SMILES string of the molecule is C[C@@H](NC(=O)CN(C)S(=O)(=O)c1ccc2ccccc2c1)c1ccc(-n2cncn2)cc1. The van der Waals surface area contributed by atoms with Crippen LogP contribution >= 0.6 is 0 Å². The number of hydrogen-bond acceptors (Lipinski definition) is 5. The maximum atomic E-state index is 12.9. The Morgan fingerprint density at radius 1 is 1.06 bits per heavy atom. The molecule has 0 unspecified atom stereocenters. The summed E-state index contributed by atoms with van der Waals surface area (Å²) < 4.78 is 28.6. The molecule has 9 heteroatoms. The molecule has 0 radical (unpaired) electrons. The van der Waals surface area contributed by atoms with Crippen molar-refractivity contribution in [2.24, 2.45) is 0 Å². The van der Waals surface area contributed by atoms with Crippen molar-refractivity contribution in [2.45, 2.75) is 17.9 Å². The Labute approximate surface area is 186 Å². The number of carbonyl (C=O) groups is 1. The third-order valence-electron chi connectivity index (χ3n) is 5.25. The molecule has 1 atom stereocenters. The van der Waals surface area contributed by atoms with E-state index in [1.807, 2.05) is 55.5 Å². The second kappa shape index (κ2) is 8.89. The van der Waals surface area contributed by atoms with Crippen LogP contribution in [0.1, 0.15) is 18.5 Å². The predicted molar refractivity (Wildman–Crippen MR) is 122 cm³/mol. The van der Waals surface area contributed by atoms with E-state index in [9.17, 15) is 13.2 Å². The van der Waals surface area contributed by atoms with Crippen LogP contribution in [-0.4, -0.2) is 47.0 Å². The maximum absolute atomic E-state index is 12.9. The van der Waals surface area contributed by atoms with E-state index >= 15 is 0 Å². The Bertz CT molecular complexity index is 1340. The molecule has 0 aliphatic rings. The van der Waals surface area contributed by atoms with Gasteiger partial charge in [0.2, 0.25) is 15.9 Å². The molecule has 1 amide bonds. The average molecular weight is 450 g/mol. The molecule has 0 aliphatic carbocycles. The molecule has 8 nitrogen and oxygen atoms in total. The van der Waals surface area contributed by atoms with E-state index in [-0.39, 0.29) is 23.4 Å². The molecule has 1 heterocycles. The molecule has 0 fully saturated rings. The number of fused-ring (bicyclic) bond motifs is 1. The third-order valence-corrected chi connectivity index (χ3v) is 7.05. The highest BCUT2D eigenvalue weighted by molar-refractivity contribution is 7.89. The van der Waals surface area contributed by atoms with Crippen LogP contribution in [-0.2, 0) is 14.8 Å². The molecule has 0 spiro atoms. The molecule has 32 heavy (non-hydrogen) atoms. The fourth-order valence-electron chi connectivity index (χ4n) is 3.42. The molecular formula is C23H23N5O3S. The number of nitrogens with one attached hydrogen (secondary N) is 1. The first kappa shape index (κ1) is 21.7. The second-order valence-electron chi connectivity index (χ2n) is 7.49. The zero-order chi connectivity index (χ0) is 22.7. The van der Waals surface area contributed by atoms with Crippen LogP contribution in [0.2, 0.25) is 0 Å². The Morgan fingerprint density at radius 2 is 1.78 bits per heavy atom. The van der Waals surface area contributed by atoms with Gasteiger partial charge in [-0.25, -0.2) is 18.1 Å². The summed E-state index contributed by atoms with van der Waals surface area (Å²) in [5.41, 5.74) is 1.74. The number of benzene rings is 3. The molecule has 3 aromatic carbocycles. The first-order chi connectivity index (χ1) is 15.3. The van der Waals surface area contributed by atoms with Gasteiger partial charge in [-0.3, -0.25) is 4.79 Å². The summed E-state index contributed by atoms with van der Waals surface area (Å²) in [6, 6.07) is 19.7. The van der Waals surface area contributed by atoms with Gasteiger partial charge in [-0.1, -0.05) is 42.5 Å². The van der Waals surface area contributed by atoms with E-state index in [4.69, 9.17) is 0 Å². The van der Waals surface area contributed by atoms with Gasteiger partial charge in [0.25, 0.3) is 0 Å². The number of hydrogen-bond donors (Lipinski definition) is 1. The predicted octanol–water partition coefficient (Wildman–Crippen LogP) is 2.92. The summed E-state index contributed by atoms with van der Waals surface area (Å²) in [6.07, 6.45) is 3.06. The molecule has 164 valence electrons. The van der Waals surface area contributed by atoms with Gasteiger partial charge in [-0.05, 0) is 47.5 Å². The van der Waals surface area contributed by atoms with E-state index in [1.165, 1.54) is 13.4 Å². The highest BCUT2D eigenvalue weighted by Crippen LogP contribution is 2.21. The van der Waals surface area contributed by atoms with Crippen molar-refractivity contribution in [1.29, 1.82) is 0 Å². The summed E-state index contributed by atoms with van der Waals surface area (Å²) in [5, 5.41) is 8.72. The van der Waals surface area contributed by atoms with E-state index in [2.05, 4.69) is 15.4 Å². The van der Waals surface area contributed by atoms with Crippen molar-refractivity contribution in [3.05, 3.63) is 84.9 Å². The minimum absolute atomic E-state index is 0.156. The number of likely N-dealkylation sites (N-methyl/N-ethyl adjacent to an activating group) is 1. The normalized spacial score (nSPS) is 12.7. The molecule has 0 saturated heterocycles. The van der Waals surface area contributed by atoms with Crippen LogP contribution in [0.15, 0.2) is 84.3 Å². The van der Waals surface area contributed by atoms with Crippen molar-refractivity contribution in [2.75, 3.05) is 13.6 Å². The lowest BCUT2D eigenvalue weighted by Gasteiger charge is -2.20. The maximum Gasteiger partial charge on any atom is 0.243 e. The summed E-state index contributed by atoms with van der Waals surface area (Å²) >= 11 is 0. The van der Waals surface area contributed by atoms with Crippen LogP contribution in [0.4, 0.5) is 0 Å². The first-order valence-corrected chi connectivity index (χ1v) is 11.5. The lowest BCUT2D eigenvalue weighted by molar-refractivity contribution is -0.121. The van der Waals surface area contributed by atoms with Gasteiger partial charge in [-0.15, -0.1) is 0 Å². The minimum atomic E-state index is -3.80. The van der Waals surface area contributed by atoms with Gasteiger partial charge >= 0.3 is 0 Å². The Kier molecular flexibility index (Phi) is 6.02. The monoisotopic (exact) mass is 449 g/mol. The summed E-state index contributed by atoms with van der Waals surface area (Å²) in [4.78, 5) is 16.6. The molecule has 0 bridgehead atoms. The van der Waals surface area contributed by atoms with Crippen molar-refractivity contribution < 1.29 is 13.2 Å². The number of aromatic nitrogens is 3. The topological polar surface area (TPSA) is 97.2 Å². The molecule has 0 aliphatic heterocycles. The minimum Gasteiger partial charge on any atom is -0.348 e. The average Bonchev–Trinajstić information content (AvgIpc) is 3.33. The van der Waals surface area contributed by atoms with Crippen molar-refractivity contribution in [3.8, 4) is 5.69 Å².